The molecule has 2 aromatic rings. The van der Waals surface area contributed by atoms with Gasteiger partial charge in [0.2, 0.25) is 10.0 Å². The number of sulfonamides is 1. The smallest absolute Gasteiger partial charge is 0.335 e. The van der Waals surface area contributed by atoms with E-state index < -0.39 is 21.8 Å². The summed E-state index contributed by atoms with van der Waals surface area (Å²) in [5.74, 6) is -0.992. The number of aryl methyl sites for hydroxylation is 2. The average molecular weight is 424 g/mol. The molecule has 7 nitrogen and oxygen atoms in total. The molecule has 0 saturated carbocycles. The molecule has 2 heterocycles. The van der Waals surface area contributed by atoms with Gasteiger partial charge in [0.15, 0.2) is 0 Å². The molecule has 3 rings (SSSR count). The minimum absolute atomic E-state index is 0.0128. The number of hydrogen-bond donors (Lipinski definition) is 1. The van der Waals surface area contributed by atoms with Crippen molar-refractivity contribution in [1.29, 1.82) is 0 Å². The van der Waals surface area contributed by atoms with Crippen LogP contribution < -0.4 is 4.90 Å². The second-order valence-electron chi connectivity index (χ2n) is 6.46. The lowest BCUT2D eigenvalue weighted by molar-refractivity contribution is 0.0696. The third kappa shape index (κ3) is 4.91. The molecule has 158 valence electrons. The Labute approximate surface area is 170 Å². The number of benzene rings is 1. The van der Waals surface area contributed by atoms with Crippen molar-refractivity contribution in [2.75, 3.05) is 31.1 Å². The van der Waals surface area contributed by atoms with Gasteiger partial charge in [-0.25, -0.2) is 22.6 Å². The number of carboxylic acid groups (broad SMARTS) is 1. The maximum atomic E-state index is 13.0. The molecular formula is C20H26FN3O4S. The zero-order valence-corrected chi connectivity index (χ0v) is 17.8. The molecule has 1 saturated heterocycles. The molecule has 29 heavy (non-hydrogen) atoms. The number of pyridine rings is 1. The molecular weight excluding hydrogens is 397 g/mol. The first kappa shape index (κ1) is 22.8. The molecule has 9 heteroatoms. The van der Waals surface area contributed by atoms with E-state index in [1.807, 2.05) is 18.7 Å². The Morgan fingerprint density at radius 1 is 1.07 bits per heavy atom. The van der Waals surface area contributed by atoms with Crippen LogP contribution in [-0.4, -0.2) is 55.0 Å². The van der Waals surface area contributed by atoms with E-state index >= 15 is 0 Å². The topological polar surface area (TPSA) is 90.8 Å². The summed E-state index contributed by atoms with van der Waals surface area (Å²) in [6.45, 7) is 8.59. The number of anilines is 1. The highest BCUT2D eigenvalue weighted by Crippen LogP contribution is 2.25. The van der Waals surface area contributed by atoms with Gasteiger partial charge in [0.1, 0.15) is 11.6 Å². The lowest BCUT2D eigenvalue weighted by atomic mass is 10.1. The van der Waals surface area contributed by atoms with Crippen molar-refractivity contribution in [3.05, 3.63) is 53.0 Å². The molecule has 0 bridgehead atoms. The van der Waals surface area contributed by atoms with Crippen molar-refractivity contribution in [2.45, 2.75) is 32.6 Å². The van der Waals surface area contributed by atoms with Crippen LogP contribution in [0.15, 0.2) is 35.4 Å². The molecule has 1 aromatic heterocycles. The third-order valence-corrected chi connectivity index (χ3v) is 6.69. The lowest BCUT2D eigenvalue weighted by Gasteiger charge is -2.35. The minimum Gasteiger partial charge on any atom is -0.478 e. The molecule has 1 aromatic carbocycles. The Bertz CT molecular complexity index is 970. The number of carboxylic acids is 1. The van der Waals surface area contributed by atoms with E-state index in [-0.39, 0.29) is 23.5 Å². The van der Waals surface area contributed by atoms with Crippen molar-refractivity contribution in [3.63, 3.8) is 0 Å². The van der Waals surface area contributed by atoms with Gasteiger partial charge in [-0.1, -0.05) is 19.9 Å². The summed E-state index contributed by atoms with van der Waals surface area (Å²) in [5.41, 5.74) is 1.01. The van der Waals surface area contributed by atoms with Crippen molar-refractivity contribution in [2.24, 2.45) is 0 Å². The second kappa shape index (κ2) is 9.32. The van der Waals surface area contributed by atoms with E-state index in [1.165, 1.54) is 16.4 Å². The van der Waals surface area contributed by atoms with E-state index in [9.17, 15) is 22.7 Å². The van der Waals surface area contributed by atoms with Gasteiger partial charge in [-0.05, 0) is 43.2 Å². The molecule has 1 aliphatic rings. The van der Waals surface area contributed by atoms with Crippen LogP contribution in [0.3, 0.4) is 0 Å². The van der Waals surface area contributed by atoms with Gasteiger partial charge in [-0.15, -0.1) is 0 Å². The van der Waals surface area contributed by atoms with Crippen molar-refractivity contribution in [1.82, 2.24) is 9.29 Å². The first-order chi connectivity index (χ1) is 13.7. The SMILES string of the molecule is CC.Cc1cc(C)c(S(=O)(=O)N2CCN(c3ccc(F)cn3)CC2)cc1C(=O)O. The standard InChI is InChI=1S/C18H20FN3O4S.C2H6/c1-12-9-13(2)16(10-15(12)18(23)24)27(25,26)22-7-5-21(6-8-22)17-4-3-14(19)11-20-17;1-2/h3-4,9-11H,5-8H2,1-2H3,(H,23,24);1-2H3. The van der Waals surface area contributed by atoms with E-state index in [0.717, 1.165) is 6.20 Å². The molecule has 1 N–H and O–H groups in total. The van der Waals surface area contributed by atoms with Crippen molar-refractivity contribution < 1.29 is 22.7 Å². The van der Waals surface area contributed by atoms with Crippen LogP contribution in [0.2, 0.25) is 0 Å². The normalized spacial score (nSPS) is 14.9. The van der Waals surface area contributed by atoms with Crippen LogP contribution in [0.5, 0.6) is 0 Å². The molecule has 0 amide bonds. The summed E-state index contributed by atoms with van der Waals surface area (Å²) < 4.78 is 40.4. The Hall–Kier alpha value is -2.52. The summed E-state index contributed by atoms with van der Waals surface area (Å²) in [5, 5.41) is 9.29. The van der Waals surface area contributed by atoms with Gasteiger partial charge >= 0.3 is 5.97 Å². The zero-order chi connectivity index (χ0) is 21.8. The highest BCUT2D eigenvalue weighted by molar-refractivity contribution is 7.89. The summed E-state index contributed by atoms with van der Waals surface area (Å²) in [4.78, 5) is 17.3. The summed E-state index contributed by atoms with van der Waals surface area (Å²) in [6, 6.07) is 5.68. The quantitative estimate of drug-likeness (QED) is 0.813. The van der Waals surface area contributed by atoms with Crippen LogP contribution in [-0.2, 0) is 10.0 Å². The van der Waals surface area contributed by atoms with Crippen molar-refractivity contribution >= 4 is 21.8 Å². The predicted molar refractivity (Wildman–Crippen MR) is 109 cm³/mol. The first-order valence-corrected chi connectivity index (χ1v) is 10.9. The van der Waals surface area contributed by atoms with E-state index in [2.05, 4.69) is 4.98 Å². The monoisotopic (exact) mass is 423 g/mol. The maximum absolute atomic E-state index is 13.0. The number of hydrogen-bond acceptors (Lipinski definition) is 5. The van der Waals surface area contributed by atoms with E-state index in [1.54, 1.807) is 26.0 Å². The molecule has 1 aliphatic heterocycles. The van der Waals surface area contributed by atoms with Crippen LogP contribution >= 0.6 is 0 Å². The number of piperazine rings is 1. The Morgan fingerprint density at radius 3 is 2.21 bits per heavy atom. The van der Waals surface area contributed by atoms with Gasteiger partial charge in [0.05, 0.1) is 16.7 Å². The zero-order valence-electron chi connectivity index (χ0n) is 17.0. The largest absolute Gasteiger partial charge is 0.478 e. The molecule has 1 fully saturated rings. The van der Waals surface area contributed by atoms with Crippen molar-refractivity contribution in [3.8, 4) is 0 Å². The van der Waals surface area contributed by atoms with Crippen LogP contribution in [0.4, 0.5) is 10.2 Å². The second-order valence-corrected chi connectivity index (χ2v) is 8.37. The number of rotatable bonds is 4. The predicted octanol–water partition coefficient (Wildman–Crippen LogP) is 3.07. The fraction of sp³-hybridized carbons (Fsp3) is 0.400. The molecule has 0 unspecified atom stereocenters. The fourth-order valence-corrected chi connectivity index (χ4v) is 4.85. The minimum atomic E-state index is -3.81. The summed E-state index contributed by atoms with van der Waals surface area (Å²) in [7, 11) is -3.81. The Morgan fingerprint density at radius 2 is 1.69 bits per heavy atom. The average Bonchev–Trinajstić information content (AvgIpc) is 2.70. The highest BCUT2D eigenvalue weighted by atomic mass is 32.2. The van der Waals surface area contributed by atoms with Crippen LogP contribution in [0.25, 0.3) is 0 Å². The first-order valence-electron chi connectivity index (χ1n) is 9.41. The number of halogens is 1. The molecule has 0 radical (unpaired) electrons. The van der Waals surface area contributed by atoms with Gasteiger partial charge in [0.25, 0.3) is 0 Å². The van der Waals surface area contributed by atoms with Gasteiger partial charge in [-0.3, -0.25) is 0 Å². The number of nitrogens with zero attached hydrogens (tertiary/aromatic N) is 3. The van der Waals surface area contributed by atoms with Crippen LogP contribution in [0.1, 0.15) is 35.3 Å². The number of aromatic nitrogens is 1. The van der Waals surface area contributed by atoms with E-state index in [0.29, 0.717) is 30.0 Å². The summed E-state index contributed by atoms with van der Waals surface area (Å²) >= 11 is 0. The molecule has 0 aliphatic carbocycles. The van der Waals surface area contributed by atoms with Gasteiger partial charge in [0, 0.05) is 26.2 Å². The Kier molecular flexibility index (Phi) is 7.32. The number of carbonyl (C=O) groups is 1. The van der Waals surface area contributed by atoms with Crippen LogP contribution in [0, 0.1) is 19.7 Å². The van der Waals surface area contributed by atoms with Gasteiger partial charge < -0.3 is 10.0 Å². The summed E-state index contributed by atoms with van der Waals surface area (Å²) in [6.07, 6.45) is 1.13. The highest BCUT2D eigenvalue weighted by Gasteiger charge is 2.31. The maximum Gasteiger partial charge on any atom is 0.335 e. The molecule has 0 atom stereocenters. The Balaban J connectivity index is 0.00000145. The lowest BCUT2D eigenvalue weighted by Crippen LogP contribution is -2.49. The molecule has 0 spiro atoms. The van der Waals surface area contributed by atoms with E-state index in [4.69, 9.17) is 0 Å². The number of aromatic carboxylic acids is 1. The van der Waals surface area contributed by atoms with Gasteiger partial charge in [-0.2, -0.15) is 4.31 Å². The fourth-order valence-electron chi connectivity index (χ4n) is 3.19. The third-order valence-electron chi connectivity index (χ3n) is 4.64.